The molecule has 2 heterocycles. The van der Waals surface area contributed by atoms with Crippen LogP contribution in [0.25, 0.3) is 0 Å². The van der Waals surface area contributed by atoms with Gasteiger partial charge in [0.2, 0.25) is 0 Å². The molecule has 0 radical (unpaired) electrons. The van der Waals surface area contributed by atoms with Gasteiger partial charge in [-0.1, -0.05) is 6.07 Å². The highest BCUT2D eigenvalue weighted by molar-refractivity contribution is 5.12. The van der Waals surface area contributed by atoms with Gasteiger partial charge in [-0.05, 0) is 6.07 Å². The summed E-state index contributed by atoms with van der Waals surface area (Å²) in [7, 11) is 0. The number of aromatic nitrogens is 1. The molecule has 3 heteroatoms. The molecule has 1 unspecified atom stereocenters. The Labute approximate surface area is 71.3 Å². The van der Waals surface area contributed by atoms with Crippen molar-refractivity contribution in [2.45, 2.75) is 6.10 Å². The number of nitrogens with zero attached hydrogens (tertiary/aromatic N) is 1. The third kappa shape index (κ3) is 1.62. The van der Waals surface area contributed by atoms with Crippen LogP contribution in [0.4, 0.5) is 0 Å². The molecule has 0 saturated carbocycles. The molecular formula is C9H11NO2. The van der Waals surface area contributed by atoms with Crippen molar-refractivity contribution in [3.05, 3.63) is 30.1 Å². The Bertz CT molecular complexity index is 232. The first-order chi connectivity index (χ1) is 5.97. The molecule has 1 aromatic rings. The van der Waals surface area contributed by atoms with E-state index in [1.807, 2.05) is 18.3 Å². The van der Waals surface area contributed by atoms with Crippen molar-refractivity contribution in [3.8, 4) is 0 Å². The minimum Gasteiger partial charge on any atom is -0.376 e. The normalized spacial score (nSPS) is 23.8. The van der Waals surface area contributed by atoms with Crippen molar-refractivity contribution < 1.29 is 9.47 Å². The highest BCUT2D eigenvalue weighted by Crippen LogP contribution is 2.18. The Morgan fingerprint density at radius 2 is 2.42 bits per heavy atom. The third-order valence-corrected chi connectivity index (χ3v) is 1.87. The van der Waals surface area contributed by atoms with Crippen LogP contribution in [0.2, 0.25) is 0 Å². The fourth-order valence-electron chi connectivity index (χ4n) is 1.25. The SMILES string of the molecule is c1cncc(C2COCCO2)c1. The average Bonchev–Trinajstić information content (AvgIpc) is 2.21. The number of hydrogen-bond donors (Lipinski definition) is 0. The van der Waals surface area contributed by atoms with Gasteiger partial charge in [0.15, 0.2) is 0 Å². The summed E-state index contributed by atoms with van der Waals surface area (Å²) in [6.07, 6.45) is 3.65. The highest BCUT2D eigenvalue weighted by Gasteiger charge is 2.15. The summed E-state index contributed by atoms with van der Waals surface area (Å²) < 4.78 is 10.8. The molecule has 1 saturated heterocycles. The first-order valence-corrected chi connectivity index (χ1v) is 4.06. The first kappa shape index (κ1) is 7.71. The number of ether oxygens (including phenoxy) is 2. The van der Waals surface area contributed by atoms with E-state index in [9.17, 15) is 0 Å². The number of pyridine rings is 1. The van der Waals surface area contributed by atoms with Crippen molar-refractivity contribution in [1.82, 2.24) is 4.98 Å². The maximum absolute atomic E-state index is 5.50. The van der Waals surface area contributed by atoms with E-state index in [4.69, 9.17) is 9.47 Å². The monoisotopic (exact) mass is 165 g/mol. The molecule has 0 N–H and O–H groups in total. The zero-order valence-corrected chi connectivity index (χ0v) is 6.77. The molecule has 0 aliphatic carbocycles. The summed E-state index contributed by atoms with van der Waals surface area (Å²) in [4.78, 5) is 4.02. The van der Waals surface area contributed by atoms with Crippen molar-refractivity contribution in [2.75, 3.05) is 19.8 Å². The van der Waals surface area contributed by atoms with Gasteiger partial charge in [0.05, 0.1) is 19.8 Å². The summed E-state index contributed by atoms with van der Waals surface area (Å²) in [6.45, 7) is 2.03. The first-order valence-electron chi connectivity index (χ1n) is 4.06. The lowest BCUT2D eigenvalue weighted by molar-refractivity contribution is -0.0902. The molecule has 1 aliphatic rings. The lowest BCUT2D eigenvalue weighted by Gasteiger charge is -2.22. The Hall–Kier alpha value is -0.930. The van der Waals surface area contributed by atoms with Crippen molar-refractivity contribution in [2.24, 2.45) is 0 Å². The van der Waals surface area contributed by atoms with Gasteiger partial charge in [0, 0.05) is 18.0 Å². The van der Waals surface area contributed by atoms with E-state index < -0.39 is 0 Å². The lowest BCUT2D eigenvalue weighted by Crippen LogP contribution is -2.21. The Morgan fingerprint density at radius 3 is 3.08 bits per heavy atom. The lowest BCUT2D eigenvalue weighted by atomic mass is 10.2. The van der Waals surface area contributed by atoms with Crippen LogP contribution in [0.15, 0.2) is 24.5 Å². The predicted molar refractivity (Wildman–Crippen MR) is 43.7 cm³/mol. The molecule has 0 bridgehead atoms. The van der Waals surface area contributed by atoms with Crippen molar-refractivity contribution >= 4 is 0 Å². The van der Waals surface area contributed by atoms with Crippen molar-refractivity contribution in [3.63, 3.8) is 0 Å². The average molecular weight is 165 g/mol. The molecular weight excluding hydrogens is 154 g/mol. The predicted octanol–water partition coefficient (Wildman–Crippen LogP) is 1.17. The maximum Gasteiger partial charge on any atom is 0.107 e. The quantitative estimate of drug-likeness (QED) is 0.626. The van der Waals surface area contributed by atoms with Gasteiger partial charge < -0.3 is 9.47 Å². The Kier molecular flexibility index (Phi) is 2.34. The summed E-state index contributed by atoms with van der Waals surface area (Å²) in [5.74, 6) is 0. The topological polar surface area (TPSA) is 31.4 Å². The standard InChI is InChI=1S/C9H11NO2/c1-2-8(6-10-3-1)9-7-11-4-5-12-9/h1-3,6,9H,4-5,7H2. The van der Waals surface area contributed by atoms with Gasteiger partial charge in [0.25, 0.3) is 0 Å². The summed E-state index contributed by atoms with van der Waals surface area (Å²) >= 11 is 0. The van der Waals surface area contributed by atoms with Gasteiger partial charge in [0.1, 0.15) is 6.10 Å². The number of rotatable bonds is 1. The third-order valence-electron chi connectivity index (χ3n) is 1.87. The van der Waals surface area contributed by atoms with Crippen LogP contribution in [-0.2, 0) is 9.47 Å². The van der Waals surface area contributed by atoms with Crippen LogP contribution in [0.5, 0.6) is 0 Å². The van der Waals surface area contributed by atoms with Crippen LogP contribution in [-0.4, -0.2) is 24.8 Å². The molecule has 12 heavy (non-hydrogen) atoms. The van der Waals surface area contributed by atoms with E-state index in [0.29, 0.717) is 19.8 Å². The fourth-order valence-corrected chi connectivity index (χ4v) is 1.25. The van der Waals surface area contributed by atoms with E-state index in [1.54, 1.807) is 6.20 Å². The van der Waals surface area contributed by atoms with Gasteiger partial charge in [-0.3, -0.25) is 4.98 Å². The zero-order valence-electron chi connectivity index (χ0n) is 6.77. The zero-order chi connectivity index (χ0) is 8.23. The van der Waals surface area contributed by atoms with Crippen LogP contribution >= 0.6 is 0 Å². The molecule has 2 rings (SSSR count). The van der Waals surface area contributed by atoms with Crippen molar-refractivity contribution in [1.29, 1.82) is 0 Å². The summed E-state index contributed by atoms with van der Waals surface area (Å²) in [6, 6.07) is 3.92. The van der Waals surface area contributed by atoms with E-state index in [2.05, 4.69) is 4.98 Å². The molecule has 1 aliphatic heterocycles. The van der Waals surface area contributed by atoms with Gasteiger partial charge in [-0.2, -0.15) is 0 Å². The minimum atomic E-state index is 0.0763. The molecule has 1 aromatic heterocycles. The highest BCUT2D eigenvalue weighted by atomic mass is 16.6. The van der Waals surface area contributed by atoms with E-state index in [-0.39, 0.29) is 6.10 Å². The fraction of sp³-hybridized carbons (Fsp3) is 0.444. The molecule has 1 fully saturated rings. The van der Waals surface area contributed by atoms with Crippen LogP contribution < -0.4 is 0 Å². The van der Waals surface area contributed by atoms with E-state index in [0.717, 1.165) is 5.56 Å². The Morgan fingerprint density at radius 1 is 1.42 bits per heavy atom. The molecule has 0 spiro atoms. The summed E-state index contributed by atoms with van der Waals surface area (Å²) in [5, 5.41) is 0. The second-order valence-electron chi connectivity index (χ2n) is 2.72. The smallest absolute Gasteiger partial charge is 0.107 e. The van der Waals surface area contributed by atoms with Gasteiger partial charge in [-0.15, -0.1) is 0 Å². The molecule has 1 atom stereocenters. The van der Waals surface area contributed by atoms with E-state index >= 15 is 0 Å². The second kappa shape index (κ2) is 3.65. The van der Waals surface area contributed by atoms with Crippen LogP contribution in [0, 0.1) is 0 Å². The minimum absolute atomic E-state index is 0.0763. The molecule has 3 nitrogen and oxygen atoms in total. The largest absolute Gasteiger partial charge is 0.376 e. The molecule has 64 valence electrons. The molecule has 0 aromatic carbocycles. The molecule has 0 amide bonds. The van der Waals surface area contributed by atoms with E-state index in [1.165, 1.54) is 0 Å². The van der Waals surface area contributed by atoms with Gasteiger partial charge >= 0.3 is 0 Å². The maximum atomic E-state index is 5.50. The Balaban J connectivity index is 2.08. The van der Waals surface area contributed by atoms with Crippen LogP contribution in [0.1, 0.15) is 11.7 Å². The van der Waals surface area contributed by atoms with Gasteiger partial charge in [-0.25, -0.2) is 0 Å². The second-order valence-corrected chi connectivity index (χ2v) is 2.72. The van der Waals surface area contributed by atoms with Crippen LogP contribution in [0.3, 0.4) is 0 Å². The summed E-state index contributed by atoms with van der Waals surface area (Å²) in [5.41, 5.74) is 1.09. The number of hydrogen-bond acceptors (Lipinski definition) is 3.